The van der Waals surface area contributed by atoms with Gasteiger partial charge in [-0.1, -0.05) is 0 Å². The average molecular weight is 399 g/mol. The van der Waals surface area contributed by atoms with E-state index in [4.69, 9.17) is 5.26 Å². The molecule has 2 saturated heterocycles. The van der Waals surface area contributed by atoms with Gasteiger partial charge in [0.2, 0.25) is 5.91 Å². The van der Waals surface area contributed by atoms with Crippen LogP contribution in [0.25, 0.3) is 10.9 Å². The maximum atomic E-state index is 13.5. The summed E-state index contributed by atoms with van der Waals surface area (Å²) in [5, 5.41) is 13.3. The summed E-state index contributed by atoms with van der Waals surface area (Å²) in [6, 6.07) is 8.03. The quantitative estimate of drug-likeness (QED) is 0.856. The van der Waals surface area contributed by atoms with Gasteiger partial charge in [0.25, 0.3) is 0 Å². The summed E-state index contributed by atoms with van der Waals surface area (Å²) >= 11 is 0. The van der Waals surface area contributed by atoms with E-state index in [9.17, 15) is 13.6 Å². The summed E-state index contributed by atoms with van der Waals surface area (Å²) < 4.78 is 27.0. The molecule has 2 aliphatic heterocycles. The Kier molecular flexibility index (Phi) is 5.58. The molecule has 2 fully saturated rings. The third-order valence-corrected chi connectivity index (χ3v) is 5.68. The SMILES string of the molecule is N#CC1C[C@H](F)CN1C(=O)CN1CCC(Nc2cnc3ccc(F)cc3c2)CC1. The van der Waals surface area contributed by atoms with Crippen molar-refractivity contribution in [1.29, 1.82) is 5.26 Å². The average Bonchev–Trinajstić information content (AvgIpc) is 3.10. The molecule has 1 aromatic heterocycles. The number of hydrogen-bond donors (Lipinski definition) is 1. The molecule has 152 valence electrons. The van der Waals surface area contributed by atoms with Crippen molar-refractivity contribution in [1.82, 2.24) is 14.8 Å². The Labute approximate surface area is 168 Å². The fourth-order valence-corrected chi connectivity index (χ4v) is 4.12. The van der Waals surface area contributed by atoms with Crippen LogP contribution in [0.3, 0.4) is 0 Å². The highest BCUT2D eigenvalue weighted by Crippen LogP contribution is 2.23. The van der Waals surface area contributed by atoms with Crippen molar-refractivity contribution < 1.29 is 13.6 Å². The minimum Gasteiger partial charge on any atom is -0.381 e. The number of piperidine rings is 1. The molecule has 2 aliphatic rings. The predicted octanol–water partition coefficient (Wildman–Crippen LogP) is 2.71. The van der Waals surface area contributed by atoms with Crippen LogP contribution in [0, 0.1) is 17.1 Å². The van der Waals surface area contributed by atoms with Crippen LogP contribution in [0.2, 0.25) is 0 Å². The van der Waals surface area contributed by atoms with Crippen molar-refractivity contribution in [2.24, 2.45) is 0 Å². The summed E-state index contributed by atoms with van der Waals surface area (Å²) in [5.74, 6) is -0.464. The second-order valence-corrected chi connectivity index (χ2v) is 7.78. The van der Waals surface area contributed by atoms with Gasteiger partial charge in [0.05, 0.1) is 36.6 Å². The highest BCUT2D eigenvalue weighted by atomic mass is 19.1. The molecule has 1 N–H and O–H groups in total. The minimum absolute atomic E-state index is 0.0185. The van der Waals surface area contributed by atoms with Crippen molar-refractivity contribution in [3.05, 3.63) is 36.3 Å². The molecule has 2 aromatic rings. The number of nitrogens with one attached hydrogen (secondary N) is 1. The number of benzene rings is 1. The van der Waals surface area contributed by atoms with Crippen molar-refractivity contribution in [3.8, 4) is 6.07 Å². The van der Waals surface area contributed by atoms with Gasteiger partial charge in [-0.15, -0.1) is 0 Å². The monoisotopic (exact) mass is 399 g/mol. The maximum Gasteiger partial charge on any atom is 0.237 e. The fourth-order valence-electron chi connectivity index (χ4n) is 4.12. The molecule has 0 saturated carbocycles. The van der Waals surface area contributed by atoms with Crippen LogP contribution in [0.15, 0.2) is 30.5 Å². The standard InChI is InChI=1S/C21H23F2N5O/c22-15-1-2-20-14(7-15)8-18(11-25-20)26-17-3-5-27(6-4-17)13-21(29)28-12-16(23)9-19(28)10-24/h1-2,7-8,11,16-17,19,26H,3-6,9,12-13H2/t16-,19?/m0/s1. The van der Waals surface area contributed by atoms with Crippen LogP contribution >= 0.6 is 0 Å². The van der Waals surface area contributed by atoms with Crippen LogP contribution in [0.1, 0.15) is 19.3 Å². The predicted molar refractivity (Wildman–Crippen MR) is 105 cm³/mol. The van der Waals surface area contributed by atoms with Crippen LogP contribution in [0.5, 0.6) is 0 Å². The van der Waals surface area contributed by atoms with Gasteiger partial charge in [-0.05, 0) is 37.1 Å². The van der Waals surface area contributed by atoms with E-state index in [-0.39, 0.29) is 37.3 Å². The first-order chi connectivity index (χ1) is 14.0. The maximum absolute atomic E-state index is 13.5. The molecule has 29 heavy (non-hydrogen) atoms. The van der Waals surface area contributed by atoms with Crippen molar-refractivity contribution >= 4 is 22.5 Å². The molecule has 8 heteroatoms. The van der Waals surface area contributed by atoms with E-state index in [0.717, 1.165) is 42.5 Å². The highest BCUT2D eigenvalue weighted by molar-refractivity contribution is 5.81. The van der Waals surface area contributed by atoms with Crippen molar-refractivity contribution in [3.63, 3.8) is 0 Å². The first-order valence-corrected chi connectivity index (χ1v) is 9.89. The summed E-state index contributed by atoms with van der Waals surface area (Å²) in [4.78, 5) is 20.2. The van der Waals surface area contributed by atoms with E-state index in [0.29, 0.717) is 0 Å². The first-order valence-electron chi connectivity index (χ1n) is 9.89. The molecule has 4 rings (SSSR count). The number of fused-ring (bicyclic) bond motifs is 1. The lowest BCUT2D eigenvalue weighted by atomic mass is 10.0. The van der Waals surface area contributed by atoms with Gasteiger partial charge in [0, 0.05) is 30.9 Å². The normalized spacial score (nSPS) is 23.3. The van der Waals surface area contributed by atoms with Gasteiger partial charge in [0.1, 0.15) is 18.0 Å². The van der Waals surface area contributed by atoms with E-state index in [1.54, 1.807) is 12.3 Å². The Hall–Kier alpha value is -2.79. The van der Waals surface area contributed by atoms with Gasteiger partial charge in [0.15, 0.2) is 0 Å². The largest absolute Gasteiger partial charge is 0.381 e. The molecular formula is C21H23F2N5O. The zero-order valence-corrected chi connectivity index (χ0v) is 16.0. The first kappa shape index (κ1) is 19.5. The Morgan fingerprint density at radius 3 is 2.86 bits per heavy atom. The number of rotatable bonds is 4. The number of halogens is 2. The lowest BCUT2D eigenvalue weighted by molar-refractivity contribution is -0.132. The van der Waals surface area contributed by atoms with E-state index in [1.165, 1.54) is 17.0 Å². The lowest BCUT2D eigenvalue weighted by Crippen LogP contribution is -2.46. The molecule has 2 atom stereocenters. The van der Waals surface area contributed by atoms with Crippen molar-refractivity contribution in [2.45, 2.75) is 37.5 Å². The van der Waals surface area contributed by atoms with Crippen LogP contribution < -0.4 is 5.32 Å². The topological polar surface area (TPSA) is 72.3 Å². The Morgan fingerprint density at radius 2 is 2.10 bits per heavy atom. The Balaban J connectivity index is 1.29. The van der Waals surface area contributed by atoms with E-state index in [1.807, 2.05) is 12.1 Å². The number of aromatic nitrogens is 1. The molecule has 0 aliphatic carbocycles. The molecule has 1 aromatic carbocycles. The molecule has 0 bridgehead atoms. The highest BCUT2D eigenvalue weighted by Gasteiger charge is 2.36. The lowest BCUT2D eigenvalue weighted by Gasteiger charge is -2.33. The zero-order chi connectivity index (χ0) is 20.4. The number of carbonyl (C=O) groups is 1. The number of pyridine rings is 1. The number of alkyl halides is 1. The van der Waals surface area contributed by atoms with Gasteiger partial charge in [-0.3, -0.25) is 14.7 Å². The third-order valence-electron chi connectivity index (χ3n) is 5.68. The molecule has 1 unspecified atom stereocenters. The van der Waals surface area contributed by atoms with Gasteiger partial charge >= 0.3 is 0 Å². The van der Waals surface area contributed by atoms with E-state index >= 15 is 0 Å². The van der Waals surface area contributed by atoms with Gasteiger partial charge in [-0.25, -0.2) is 8.78 Å². The molecule has 3 heterocycles. The fraction of sp³-hybridized carbons (Fsp3) is 0.476. The molecular weight excluding hydrogens is 376 g/mol. The number of carbonyl (C=O) groups excluding carboxylic acids is 1. The van der Waals surface area contributed by atoms with Gasteiger partial charge < -0.3 is 10.2 Å². The zero-order valence-electron chi connectivity index (χ0n) is 16.0. The van der Waals surface area contributed by atoms with Crippen molar-refractivity contribution in [2.75, 3.05) is 31.5 Å². The number of likely N-dealkylation sites (tertiary alicyclic amines) is 2. The molecule has 6 nitrogen and oxygen atoms in total. The van der Waals surface area contributed by atoms with Crippen LogP contribution in [0.4, 0.5) is 14.5 Å². The summed E-state index contributed by atoms with van der Waals surface area (Å²) in [6.45, 7) is 1.71. The molecule has 0 radical (unpaired) electrons. The van der Waals surface area contributed by atoms with Crippen LogP contribution in [-0.2, 0) is 4.79 Å². The summed E-state index contributed by atoms with van der Waals surface area (Å²) in [7, 11) is 0. The summed E-state index contributed by atoms with van der Waals surface area (Å²) in [5.41, 5.74) is 1.60. The minimum atomic E-state index is -1.11. The van der Waals surface area contributed by atoms with E-state index < -0.39 is 12.2 Å². The third kappa shape index (κ3) is 4.46. The molecule has 1 amide bonds. The number of amides is 1. The van der Waals surface area contributed by atoms with Crippen LogP contribution in [-0.4, -0.2) is 65.1 Å². The second-order valence-electron chi connectivity index (χ2n) is 7.78. The second kappa shape index (κ2) is 8.29. The Morgan fingerprint density at radius 1 is 1.31 bits per heavy atom. The Bertz CT molecular complexity index is 938. The smallest absolute Gasteiger partial charge is 0.237 e. The van der Waals surface area contributed by atoms with E-state index in [2.05, 4.69) is 15.2 Å². The summed E-state index contributed by atoms with van der Waals surface area (Å²) in [6.07, 6.45) is 2.45. The number of nitriles is 1. The number of anilines is 1. The number of nitrogens with zero attached hydrogens (tertiary/aromatic N) is 4. The number of hydrogen-bond acceptors (Lipinski definition) is 5. The van der Waals surface area contributed by atoms with Gasteiger partial charge in [-0.2, -0.15) is 5.26 Å². The molecule has 0 spiro atoms.